The zero-order valence-corrected chi connectivity index (χ0v) is 9.29. The van der Waals surface area contributed by atoms with Crippen molar-refractivity contribution in [3.05, 3.63) is 0 Å². The molecule has 0 bridgehead atoms. The van der Waals surface area contributed by atoms with E-state index in [9.17, 15) is 0 Å². The summed E-state index contributed by atoms with van der Waals surface area (Å²) < 4.78 is 7.23. The topological polar surface area (TPSA) is 27.1 Å². The fourth-order valence-electron chi connectivity index (χ4n) is 0.597. The average Bonchev–Trinajstić information content (AvgIpc) is 1.90. The Morgan fingerprint density at radius 2 is 1.73 bits per heavy atom. The smallest absolute Gasteiger partial charge is 0.00479 e. The summed E-state index contributed by atoms with van der Waals surface area (Å²) in [4.78, 5) is 2.16. The maximum absolute atomic E-state index is 7.23. The summed E-state index contributed by atoms with van der Waals surface area (Å²) in [5.74, 6) is 1.05. The molecule has 1 N–H and O–H groups in total. The SMILES string of the molecule is CC.CN(C)CCCS(C)=N. The van der Waals surface area contributed by atoms with Crippen LogP contribution in [0.4, 0.5) is 0 Å². The van der Waals surface area contributed by atoms with Gasteiger partial charge in [-0.1, -0.05) is 13.8 Å². The lowest BCUT2D eigenvalue weighted by Crippen LogP contribution is -2.14. The highest BCUT2D eigenvalue weighted by Gasteiger charge is 1.89. The van der Waals surface area contributed by atoms with Gasteiger partial charge in [0.1, 0.15) is 0 Å². The number of nitrogens with one attached hydrogen (secondary N) is 1. The molecule has 0 aromatic rings. The van der Waals surface area contributed by atoms with Crippen LogP contribution in [0.3, 0.4) is 0 Å². The van der Waals surface area contributed by atoms with E-state index in [1.807, 2.05) is 20.1 Å². The van der Waals surface area contributed by atoms with E-state index in [0.29, 0.717) is 0 Å². The van der Waals surface area contributed by atoms with Crippen LogP contribution in [-0.4, -0.2) is 37.5 Å². The molecule has 0 aliphatic rings. The van der Waals surface area contributed by atoms with Crippen molar-refractivity contribution in [2.45, 2.75) is 20.3 Å². The lowest BCUT2D eigenvalue weighted by molar-refractivity contribution is 0.410. The van der Waals surface area contributed by atoms with Gasteiger partial charge in [-0.05, 0) is 33.3 Å². The zero-order chi connectivity index (χ0) is 9.28. The summed E-state index contributed by atoms with van der Waals surface area (Å²) in [6.45, 7) is 5.12. The third-order valence-corrected chi connectivity index (χ3v) is 1.96. The first-order valence-electron chi connectivity index (χ1n) is 4.11. The zero-order valence-electron chi connectivity index (χ0n) is 8.48. The fourth-order valence-corrected chi connectivity index (χ4v) is 1.16. The standard InChI is InChI=1S/C6H16N2S.C2H6/c1-8(2)5-4-6-9(3)7;1-2/h7H,4-6H2,1-3H3;1-2H3. The highest BCUT2D eigenvalue weighted by molar-refractivity contribution is 7.85. The van der Waals surface area contributed by atoms with E-state index in [1.165, 1.54) is 0 Å². The Balaban J connectivity index is 0. The third-order valence-electron chi connectivity index (χ3n) is 1.06. The summed E-state index contributed by atoms with van der Waals surface area (Å²) in [6.07, 6.45) is 3.13. The van der Waals surface area contributed by atoms with E-state index in [-0.39, 0.29) is 10.7 Å². The van der Waals surface area contributed by atoms with Gasteiger partial charge in [-0.15, -0.1) is 10.7 Å². The second kappa shape index (κ2) is 10.1. The molecule has 0 aliphatic heterocycles. The van der Waals surface area contributed by atoms with Gasteiger partial charge in [0.2, 0.25) is 0 Å². The minimum atomic E-state index is -0.109. The van der Waals surface area contributed by atoms with Crippen LogP contribution in [0.2, 0.25) is 0 Å². The van der Waals surface area contributed by atoms with E-state index in [1.54, 1.807) is 0 Å². The number of rotatable bonds is 4. The molecule has 0 heterocycles. The molecule has 0 aromatic heterocycles. The molecule has 1 atom stereocenters. The maximum atomic E-state index is 7.23. The summed E-state index contributed by atoms with van der Waals surface area (Å²) in [6, 6.07) is 0. The molecule has 2 nitrogen and oxygen atoms in total. The number of nitrogens with zero attached hydrogens (tertiary/aromatic N) is 1. The summed E-state index contributed by atoms with van der Waals surface area (Å²) in [5, 5.41) is 0. The number of hydrogen-bond donors (Lipinski definition) is 1. The Labute approximate surface area is 73.9 Å². The Kier molecular flexibility index (Phi) is 12.6. The maximum Gasteiger partial charge on any atom is 0.00479 e. The van der Waals surface area contributed by atoms with Gasteiger partial charge < -0.3 is 4.90 Å². The molecule has 11 heavy (non-hydrogen) atoms. The van der Waals surface area contributed by atoms with Gasteiger partial charge in [-0.2, -0.15) is 0 Å². The first-order chi connectivity index (χ1) is 5.13. The first kappa shape index (κ1) is 13.7. The van der Waals surface area contributed by atoms with Gasteiger partial charge in [-0.3, -0.25) is 4.78 Å². The second-order valence-electron chi connectivity index (χ2n) is 2.50. The molecule has 0 radical (unpaired) electrons. The quantitative estimate of drug-likeness (QED) is 0.700. The predicted molar refractivity (Wildman–Crippen MR) is 55.4 cm³/mol. The molecular weight excluding hydrogens is 156 g/mol. The average molecular weight is 178 g/mol. The van der Waals surface area contributed by atoms with Crippen LogP contribution in [0.5, 0.6) is 0 Å². The third kappa shape index (κ3) is 17.8. The van der Waals surface area contributed by atoms with Crippen LogP contribution in [0.1, 0.15) is 20.3 Å². The molecule has 70 valence electrons. The highest BCUT2D eigenvalue weighted by atomic mass is 32.2. The van der Waals surface area contributed by atoms with E-state index < -0.39 is 0 Å². The van der Waals surface area contributed by atoms with Gasteiger partial charge in [-0.25, -0.2) is 0 Å². The van der Waals surface area contributed by atoms with Crippen molar-refractivity contribution >= 4 is 10.7 Å². The van der Waals surface area contributed by atoms with Crippen molar-refractivity contribution < 1.29 is 0 Å². The molecule has 0 saturated heterocycles. The van der Waals surface area contributed by atoms with Crippen LogP contribution in [0.15, 0.2) is 0 Å². The molecule has 1 unspecified atom stereocenters. The highest BCUT2D eigenvalue weighted by Crippen LogP contribution is 1.86. The minimum Gasteiger partial charge on any atom is -0.309 e. The predicted octanol–water partition coefficient (Wildman–Crippen LogP) is 1.97. The molecule has 0 rings (SSSR count). The van der Waals surface area contributed by atoms with Crippen LogP contribution in [-0.2, 0) is 10.7 Å². The van der Waals surface area contributed by atoms with Crippen molar-refractivity contribution in [3.8, 4) is 0 Å². The lowest BCUT2D eigenvalue weighted by atomic mass is 10.5. The van der Waals surface area contributed by atoms with Crippen LogP contribution in [0.25, 0.3) is 0 Å². The summed E-state index contributed by atoms with van der Waals surface area (Å²) in [5.41, 5.74) is 0. The van der Waals surface area contributed by atoms with E-state index in [4.69, 9.17) is 4.78 Å². The molecule has 3 heteroatoms. The van der Waals surface area contributed by atoms with Crippen LogP contribution < -0.4 is 0 Å². The second-order valence-corrected chi connectivity index (χ2v) is 4.18. The molecule has 0 amide bonds. The van der Waals surface area contributed by atoms with Gasteiger partial charge in [0.25, 0.3) is 0 Å². The Morgan fingerprint density at radius 1 is 1.27 bits per heavy atom. The van der Waals surface area contributed by atoms with Crippen molar-refractivity contribution in [2.24, 2.45) is 0 Å². The minimum absolute atomic E-state index is 0.109. The van der Waals surface area contributed by atoms with Crippen molar-refractivity contribution in [1.29, 1.82) is 4.78 Å². The molecule has 0 spiro atoms. The monoisotopic (exact) mass is 178 g/mol. The van der Waals surface area contributed by atoms with E-state index in [0.717, 1.165) is 18.7 Å². The lowest BCUT2D eigenvalue weighted by Gasteiger charge is -2.07. The van der Waals surface area contributed by atoms with Gasteiger partial charge in [0.05, 0.1) is 0 Å². The van der Waals surface area contributed by atoms with Crippen LogP contribution in [0, 0.1) is 4.78 Å². The largest absolute Gasteiger partial charge is 0.309 e. The van der Waals surface area contributed by atoms with Crippen LogP contribution >= 0.6 is 0 Å². The van der Waals surface area contributed by atoms with Crippen molar-refractivity contribution in [1.82, 2.24) is 4.90 Å². The van der Waals surface area contributed by atoms with E-state index in [2.05, 4.69) is 19.0 Å². The van der Waals surface area contributed by atoms with Gasteiger partial charge in [0.15, 0.2) is 0 Å². The molecular formula is C8H22N2S. The summed E-state index contributed by atoms with van der Waals surface area (Å²) >= 11 is 0. The normalized spacial score (nSPS) is 12.2. The van der Waals surface area contributed by atoms with E-state index >= 15 is 0 Å². The Morgan fingerprint density at radius 3 is 2.00 bits per heavy atom. The molecule has 0 fully saturated rings. The molecule has 0 aromatic carbocycles. The molecule has 0 aliphatic carbocycles. The number of hydrogen-bond acceptors (Lipinski definition) is 2. The fraction of sp³-hybridized carbons (Fsp3) is 1.00. The van der Waals surface area contributed by atoms with Crippen molar-refractivity contribution in [3.63, 3.8) is 0 Å². The first-order valence-corrected chi connectivity index (χ1v) is 5.91. The Hall–Kier alpha value is 0.110. The molecule has 0 saturated carbocycles. The van der Waals surface area contributed by atoms with Gasteiger partial charge in [0, 0.05) is 5.75 Å². The van der Waals surface area contributed by atoms with Crippen molar-refractivity contribution in [2.75, 3.05) is 32.6 Å². The van der Waals surface area contributed by atoms with Gasteiger partial charge >= 0.3 is 0 Å². The summed E-state index contributed by atoms with van der Waals surface area (Å²) in [7, 11) is 4.03. The Bertz CT molecular complexity index is 92.1.